The topological polar surface area (TPSA) is 161 Å². The number of carboxylic acids is 1. The van der Waals surface area contributed by atoms with Crippen molar-refractivity contribution in [2.45, 2.75) is 50.7 Å². The van der Waals surface area contributed by atoms with Crippen LogP contribution in [0.25, 0.3) is 0 Å². The van der Waals surface area contributed by atoms with Crippen LogP contribution in [0, 0.1) is 0 Å². The van der Waals surface area contributed by atoms with Crippen molar-refractivity contribution in [3.63, 3.8) is 0 Å². The first-order valence-corrected chi connectivity index (χ1v) is 13.0. The Balaban J connectivity index is 1.63. The van der Waals surface area contributed by atoms with E-state index in [2.05, 4.69) is 36.6 Å². The molecule has 1 fully saturated rings. The van der Waals surface area contributed by atoms with Gasteiger partial charge in [-0.25, -0.2) is 4.98 Å². The third-order valence-electron chi connectivity index (χ3n) is 5.76. The number of hydrogen-bond donors (Lipinski definition) is 7. The minimum absolute atomic E-state index is 0.0234. The number of nitrogens with one attached hydrogen (secondary N) is 5. The van der Waals surface area contributed by atoms with Crippen LogP contribution in [0.1, 0.15) is 48.9 Å². The van der Waals surface area contributed by atoms with Gasteiger partial charge in [-0.15, -0.1) is 0 Å². The number of hydrogen-bond acceptors (Lipinski definition) is 8. The van der Waals surface area contributed by atoms with Gasteiger partial charge >= 0.3 is 5.97 Å². The molecule has 1 aliphatic rings. The molecule has 37 heavy (non-hydrogen) atoms. The van der Waals surface area contributed by atoms with Crippen LogP contribution in [0.2, 0.25) is 5.02 Å². The van der Waals surface area contributed by atoms with Crippen molar-refractivity contribution in [2.24, 2.45) is 0 Å². The molecule has 2 atom stereocenters. The third kappa shape index (κ3) is 9.30. The van der Waals surface area contributed by atoms with Gasteiger partial charge in [0.1, 0.15) is 11.4 Å². The van der Waals surface area contributed by atoms with Gasteiger partial charge in [-0.2, -0.15) is 4.98 Å². The summed E-state index contributed by atoms with van der Waals surface area (Å²) in [5, 5.41) is 34.8. The lowest BCUT2D eigenvalue weighted by molar-refractivity contribution is -0.136. The number of thiocarbonyl (C=S) groups is 1. The Labute approximate surface area is 225 Å². The Bertz CT molecular complexity index is 1090. The van der Waals surface area contributed by atoms with Crippen LogP contribution in [0.5, 0.6) is 0 Å². The highest BCUT2D eigenvalue weighted by Crippen LogP contribution is 2.25. The maximum Gasteiger partial charge on any atom is 0.305 e. The number of rotatable bonds is 12. The minimum Gasteiger partial charge on any atom is -0.481 e. The molecule has 0 spiro atoms. The highest BCUT2D eigenvalue weighted by molar-refractivity contribution is 7.80. The first-order chi connectivity index (χ1) is 17.8. The second-order valence-electron chi connectivity index (χ2n) is 8.60. The fraction of sp³-hybridized carbons (Fsp3) is 0.458. The number of halogens is 1. The second kappa shape index (κ2) is 14.5. The van der Waals surface area contributed by atoms with Crippen LogP contribution in [0.15, 0.2) is 30.5 Å². The molecule has 0 saturated heterocycles. The zero-order valence-corrected chi connectivity index (χ0v) is 21.9. The van der Waals surface area contributed by atoms with E-state index < -0.39 is 12.1 Å². The molecule has 1 aliphatic carbocycles. The van der Waals surface area contributed by atoms with Crippen molar-refractivity contribution in [3.8, 4) is 0 Å². The summed E-state index contributed by atoms with van der Waals surface area (Å²) in [6, 6.07) is 6.88. The smallest absolute Gasteiger partial charge is 0.305 e. The second-order valence-corrected chi connectivity index (χ2v) is 9.41. The number of anilines is 3. The molecule has 2 aromatic rings. The van der Waals surface area contributed by atoms with E-state index in [0.717, 1.165) is 19.3 Å². The molecule has 13 heteroatoms. The molecule has 3 rings (SSSR count). The van der Waals surface area contributed by atoms with Gasteiger partial charge in [0.05, 0.1) is 29.3 Å². The zero-order valence-electron chi connectivity index (χ0n) is 20.3. The predicted octanol–water partition coefficient (Wildman–Crippen LogP) is 2.65. The number of para-hydroxylation sites is 1. The van der Waals surface area contributed by atoms with E-state index in [1.807, 2.05) is 12.1 Å². The largest absolute Gasteiger partial charge is 0.481 e. The fourth-order valence-corrected chi connectivity index (χ4v) is 4.18. The van der Waals surface area contributed by atoms with Gasteiger partial charge in [0, 0.05) is 25.8 Å². The van der Waals surface area contributed by atoms with E-state index in [-0.39, 0.29) is 36.4 Å². The number of carboxylic acid groups (broad SMARTS) is 1. The fourth-order valence-electron chi connectivity index (χ4n) is 3.79. The molecule has 0 unspecified atom stereocenters. The van der Waals surface area contributed by atoms with E-state index in [9.17, 15) is 14.7 Å². The molecule has 7 N–H and O–H groups in total. The van der Waals surface area contributed by atoms with Gasteiger partial charge < -0.3 is 36.8 Å². The first kappa shape index (κ1) is 28.4. The van der Waals surface area contributed by atoms with Crippen molar-refractivity contribution in [2.75, 3.05) is 30.3 Å². The summed E-state index contributed by atoms with van der Waals surface area (Å²) in [5.41, 5.74) is 0.895. The number of aliphatic carboxylic acids is 1. The standard InChI is InChI=1S/C24H32ClN7O4S/c25-16-6-1-2-7-17(16)31-23-29-14-15(22(36)30-18-8-3-4-9-19(18)33)21(32-23)26-11-5-12-27-24(37)28-13-10-20(34)35/h1-2,6-7,14,18-19,33H,3-5,8-13H2,(H,30,36)(H,34,35)(H2,27,28,37)(H2,26,29,31,32)/t18-,19-/m0/s1. The van der Waals surface area contributed by atoms with Crippen LogP contribution in [0.3, 0.4) is 0 Å². The van der Waals surface area contributed by atoms with Crippen molar-refractivity contribution in [1.82, 2.24) is 25.9 Å². The number of aromatic nitrogens is 2. The lowest BCUT2D eigenvalue weighted by Gasteiger charge is -2.28. The molecule has 0 aliphatic heterocycles. The monoisotopic (exact) mass is 549 g/mol. The van der Waals surface area contributed by atoms with Crippen LogP contribution >= 0.6 is 23.8 Å². The molecule has 1 heterocycles. The summed E-state index contributed by atoms with van der Waals surface area (Å²) >= 11 is 11.4. The van der Waals surface area contributed by atoms with Crippen LogP contribution in [0.4, 0.5) is 17.5 Å². The number of carbonyl (C=O) groups excluding carboxylic acids is 1. The lowest BCUT2D eigenvalue weighted by atomic mass is 9.92. The van der Waals surface area contributed by atoms with E-state index >= 15 is 0 Å². The summed E-state index contributed by atoms with van der Waals surface area (Å²) in [7, 11) is 0. The van der Waals surface area contributed by atoms with Gasteiger partial charge in [0.25, 0.3) is 5.91 Å². The summed E-state index contributed by atoms with van der Waals surface area (Å²) in [4.78, 5) is 32.4. The third-order valence-corrected chi connectivity index (χ3v) is 6.37. The van der Waals surface area contributed by atoms with Crippen LogP contribution in [-0.2, 0) is 4.79 Å². The van der Waals surface area contributed by atoms with Crippen LogP contribution < -0.4 is 26.6 Å². The number of carbonyl (C=O) groups is 2. The van der Waals surface area contributed by atoms with Crippen LogP contribution in [-0.4, -0.2) is 69.0 Å². The Hall–Kier alpha value is -3.22. The van der Waals surface area contributed by atoms with Crippen molar-refractivity contribution < 1.29 is 19.8 Å². The van der Waals surface area contributed by atoms with Gasteiger partial charge in [-0.3, -0.25) is 9.59 Å². The SMILES string of the molecule is O=C(O)CCNC(=S)NCCCNc1nc(Nc2ccccc2Cl)ncc1C(=O)N[C@H]1CCCC[C@@H]1O. The van der Waals surface area contributed by atoms with E-state index in [1.165, 1.54) is 6.20 Å². The number of aliphatic hydroxyl groups excluding tert-OH is 1. The molecular formula is C24H32ClN7O4S. The number of nitrogens with zero attached hydrogens (tertiary/aromatic N) is 2. The van der Waals surface area contributed by atoms with Gasteiger partial charge in [0.2, 0.25) is 5.95 Å². The summed E-state index contributed by atoms with van der Waals surface area (Å²) in [6.45, 7) is 1.24. The summed E-state index contributed by atoms with van der Waals surface area (Å²) in [6.07, 6.45) is 4.75. The van der Waals surface area contributed by atoms with E-state index in [1.54, 1.807) is 12.1 Å². The summed E-state index contributed by atoms with van der Waals surface area (Å²) < 4.78 is 0. The molecule has 200 valence electrons. The quantitative estimate of drug-likeness (QED) is 0.154. The molecule has 1 aromatic heterocycles. The Morgan fingerprint density at radius 3 is 2.62 bits per heavy atom. The number of amides is 1. The van der Waals surface area contributed by atoms with E-state index in [4.69, 9.17) is 28.9 Å². The first-order valence-electron chi connectivity index (χ1n) is 12.2. The maximum atomic E-state index is 13.1. The lowest BCUT2D eigenvalue weighted by Crippen LogP contribution is -2.45. The predicted molar refractivity (Wildman–Crippen MR) is 146 cm³/mol. The molecule has 1 amide bonds. The van der Waals surface area contributed by atoms with Crippen molar-refractivity contribution >= 4 is 58.3 Å². The number of aliphatic hydroxyl groups is 1. The Morgan fingerprint density at radius 2 is 1.86 bits per heavy atom. The summed E-state index contributed by atoms with van der Waals surface area (Å²) in [5.74, 6) is -0.647. The molecule has 11 nitrogen and oxygen atoms in total. The number of benzene rings is 1. The molecular weight excluding hydrogens is 518 g/mol. The van der Waals surface area contributed by atoms with Crippen molar-refractivity contribution in [1.29, 1.82) is 0 Å². The van der Waals surface area contributed by atoms with Gasteiger partial charge in [0.15, 0.2) is 5.11 Å². The van der Waals surface area contributed by atoms with Crippen molar-refractivity contribution in [3.05, 3.63) is 41.0 Å². The van der Waals surface area contributed by atoms with Gasteiger partial charge in [-0.1, -0.05) is 36.6 Å². The molecule has 1 saturated carbocycles. The maximum absolute atomic E-state index is 13.1. The van der Waals surface area contributed by atoms with Gasteiger partial charge in [-0.05, 0) is 43.6 Å². The highest BCUT2D eigenvalue weighted by Gasteiger charge is 2.26. The minimum atomic E-state index is -0.898. The highest BCUT2D eigenvalue weighted by atomic mass is 35.5. The average Bonchev–Trinajstić information content (AvgIpc) is 2.86. The Morgan fingerprint density at radius 1 is 1.11 bits per heavy atom. The normalized spacial score (nSPS) is 16.9. The van der Waals surface area contributed by atoms with E-state index in [0.29, 0.717) is 47.6 Å². The molecule has 0 bridgehead atoms. The molecule has 0 radical (unpaired) electrons. The average molecular weight is 550 g/mol. The zero-order chi connectivity index (χ0) is 26.6. The molecule has 1 aromatic carbocycles. The Kier molecular flexibility index (Phi) is 11.1.